The molecule has 0 saturated carbocycles. The molecule has 1 saturated heterocycles. The van der Waals surface area contributed by atoms with E-state index in [2.05, 4.69) is 10.6 Å². The van der Waals surface area contributed by atoms with Crippen molar-refractivity contribution in [3.63, 3.8) is 0 Å². The van der Waals surface area contributed by atoms with Crippen LogP contribution in [0.3, 0.4) is 0 Å². The first-order valence-corrected chi connectivity index (χ1v) is 10.9. The highest BCUT2D eigenvalue weighted by atomic mass is 16.5. The predicted octanol–water partition coefficient (Wildman–Crippen LogP) is 3.45. The average molecular weight is 438 g/mol. The molecule has 0 aliphatic carbocycles. The van der Waals surface area contributed by atoms with E-state index in [4.69, 9.17) is 4.74 Å². The lowest BCUT2D eigenvalue weighted by molar-refractivity contribution is -0.126. The van der Waals surface area contributed by atoms with Crippen LogP contribution < -0.4 is 20.3 Å². The monoisotopic (exact) mass is 437 g/mol. The molecule has 32 heavy (non-hydrogen) atoms. The summed E-state index contributed by atoms with van der Waals surface area (Å²) in [5.41, 5.74) is 3.61. The number of benzene rings is 2. The topological polar surface area (TPSA) is 87.7 Å². The van der Waals surface area contributed by atoms with E-state index >= 15 is 0 Å². The molecule has 170 valence electrons. The number of rotatable bonds is 8. The molecule has 0 radical (unpaired) electrons. The third-order valence-electron chi connectivity index (χ3n) is 5.58. The molecule has 0 unspecified atom stereocenters. The van der Waals surface area contributed by atoms with Crippen molar-refractivity contribution in [2.45, 2.75) is 34.1 Å². The van der Waals surface area contributed by atoms with Gasteiger partial charge in [0.25, 0.3) is 5.91 Å². The number of aryl methyl sites for hydroxylation is 1. The first-order chi connectivity index (χ1) is 15.2. The molecule has 1 aliphatic heterocycles. The summed E-state index contributed by atoms with van der Waals surface area (Å²) >= 11 is 0. The maximum atomic E-state index is 12.4. The van der Waals surface area contributed by atoms with Crippen molar-refractivity contribution in [2.24, 2.45) is 11.8 Å². The summed E-state index contributed by atoms with van der Waals surface area (Å²) in [5, 5.41) is 5.76. The third-order valence-corrected chi connectivity index (χ3v) is 5.58. The van der Waals surface area contributed by atoms with Gasteiger partial charge in [-0.25, -0.2) is 0 Å². The number of carbonyl (C=O) groups excluding carboxylic acids is 3. The van der Waals surface area contributed by atoms with Crippen molar-refractivity contribution in [1.82, 2.24) is 5.32 Å². The van der Waals surface area contributed by atoms with Crippen molar-refractivity contribution >= 4 is 29.1 Å². The van der Waals surface area contributed by atoms with Crippen LogP contribution in [-0.4, -0.2) is 37.4 Å². The molecule has 3 rings (SSSR count). The Morgan fingerprint density at radius 3 is 2.53 bits per heavy atom. The summed E-state index contributed by atoms with van der Waals surface area (Å²) in [4.78, 5) is 38.6. The minimum absolute atomic E-state index is 0.0729. The number of hydrogen-bond acceptors (Lipinski definition) is 4. The van der Waals surface area contributed by atoms with E-state index in [-0.39, 0.29) is 36.7 Å². The lowest BCUT2D eigenvalue weighted by atomic mass is 10.1. The van der Waals surface area contributed by atoms with Gasteiger partial charge in [-0.15, -0.1) is 0 Å². The SMILES string of the molecule is Cc1cccc(NC(=O)COc2ccc(N3C[C@@H](C(=O)NCC(C)C)CC3=O)cc2)c1C. The second-order valence-corrected chi connectivity index (χ2v) is 8.62. The Bertz CT molecular complexity index is 985. The molecule has 3 amide bonds. The van der Waals surface area contributed by atoms with Crippen molar-refractivity contribution in [2.75, 3.05) is 29.9 Å². The molecule has 1 atom stereocenters. The van der Waals surface area contributed by atoms with E-state index in [9.17, 15) is 14.4 Å². The molecule has 0 spiro atoms. The van der Waals surface area contributed by atoms with Crippen molar-refractivity contribution < 1.29 is 19.1 Å². The van der Waals surface area contributed by atoms with Crippen LogP contribution in [0.5, 0.6) is 5.75 Å². The van der Waals surface area contributed by atoms with E-state index in [0.29, 0.717) is 30.4 Å². The van der Waals surface area contributed by atoms with Crippen LogP contribution in [0.4, 0.5) is 11.4 Å². The fourth-order valence-corrected chi connectivity index (χ4v) is 3.53. The number of anilines is 2. The van der Waals surface area contributed by atoms with Crippen molar-refractivity contribution in [3.05, 3.63) is 53.6 Å². The van der Waals surface area contributed by atoms with Gasteiger partial charge in [0.1, 0.15) is 5.75 Å². The highest BCUT2D eigenvalue weighted by Gasteiger charge is 2.35. The van der Waals surface area contributed by atoms with Gasteiger partial charge in [-0.1, -0.05) is 26.0 Å². The predicted molar refractivity (Wildman–Crippen MR) is 125 cm³/mol. The largest absolute Gasteiger partial charge is 0.484 e. The minimum atomic E-state index is -0.342. The Balaban J connectivity index is 1.52. The summed E-state index contributed by atoms with van der Waals surface area (Å²) in [6, 6.07) is 12.7. The molecular formula is C25H31N3O4. The number of amides is 3. The van der Waals surface area contributed by atoms with Gasteiger partial charge in [0.15, 0.2) is 6.61 Å². The van der Waals surface area contributed by atoms with Gasteiger partial charge < -0.3 is 20.3 Å². The van der Waals surface area contributed by atoms with Crippen LogP contribution in [0.25, 0.3) is 0 Å². The molecule has 1 heterocycles. The van der Waals surface area contributed by atoms with Crippen LogP contribution in [-0.2, 0) is 14.4 Å². The fraction of sp³-hybridized carbons (Fsp3) is 0.400. The lowest BCUT2D eigenvalue weighted by Crippen LogP contribution is -2.35. The van der Waals surface area contributed by atoms with Crippen LogP contribution in [0, 0.1) is 25.7 Å². The Kier molecular flexibility index (Phi) is 7.51. The maximum Gasteiger partial charge on any atom is 0.262 e. The van der Waals surface area contributed by atoms with Gasteiger partial charge in [-0.05, 0) is 61.2 Å². The van der Waals surface area contributed by atoms with Gasteiger partial charge >= 0.3 is 0 Å². The second-order valence-electron chi connectivity index (χ2n) is 8.62. The molecule has 2 aromatic carbocycles. The number of hydrogen-bond donors (Lipinski definition) is 2. The standard InChI is InChI=1S/C25H31N3O4/c1-16(2)13-26-25(31)19-12-24(30)28(14-19)20-8-10-21(11-9-20)32-15-23(29)27-22-7-5-6-17(3)18(22)4/h5-11,16,19H,12-15H2,1-4H3,(H,26,31)(H,27,29)/t19-/m0/s1. The summed E-state index contributed by atoms with van der Waals surface area (Å²) in [6.45, 7) is 8.87. The van der Waals surface area contributed by atoms with Gasteiger partial charge in [0.2, 0.25) is 11.8 Å². The molecule has 2 N–H and O–H groups in total. The van der Waals surface area contributed by atoms with Gasteiger partial charge in [-0.3, -0.25) is 14.4 Å². The normalized spacial score (nSPS) is 15.7. The second kappa shape index (κ2) is 10.3. The third kappa shape index (κ3) is 5.87. The zero-order valence-electron chi connectivity index (χ0n) is 19.1. The van der Waals surface area contributed by atoms with Gasteiger partial charge in [0, 0.05) is 30.9 Å². The number of ether oxygens (including phenoxy) is 1. The van der Waals surface area contributed by atoms with Crippen LogP contribution >= 0.6 is 0 Å². The summed E-state index contributed by atoms with van der Waals surface area (Å²) in [6.07, 6.45) is 0.209. The average Bonchev–Trinajstić information content (AvgIpc) is 3.16. The molecule has 1 fully saturated rings. The van der Waals surface area contributed by atoms with Crippen LogP contribution in [0.1, 0.15) is 31.4 Å². The molecule has 7 nitrogen and oxygen atoms in total. The minimum Gasteiger partial charge on any atom is -0.484 e. The molecule has 1 aliphatic rings. The summed E-state index contributed by atoms with van der Waals surface area (Å²) < 4.78 is 5.59. The van der Waals surface area contributed by atoms with Crippen molar-refractivity contribution in [1.29, 1.82) is 0 Å². The van der Waals surface area contributed by atoms with Crippen LogP contribution in [0.15, 0.2) is 42.5 Å². The lowest BCUT2D eigenvalue weighted by Gasteiger charge is -2.17. The summed E-state index contributed by atoms with van der Waals surface area (Å²) in [5.74, 6) is 0.157. The highest BCUT2D eigenvalue weighted by molar-refractivity contribution is 6.00. The maximum absolute atomic E-state index is 12.4. The Morgan fingerprint density at radius 2 is 1.84 bits per heavy atom. The quantitative estimate of drug-likeness (QED) is 0.662. The highest BCUT2D eigenvalue weighted by Crippen LogP contribution is 2.27. The molecule has 0 bridgehead atoms. The number of nitrogens with zero attached hydrogens (tertiary/aromatic N) is 1. The first kappa shape index (κ1) is 23.3. The van der Waals surface area contributed by atoms with Gasteiger partial charge in [-0.2, -0.15) is 0 Å². The Labute approximate surface area is 189 Å². The van der Waals surface area contributed by atoms with Gasteiger partial charge in [0.05, 0.1) is 5.92 Å². The molecular weight excluding hydrogens is 406 g/mol. The smallest absolute Gasteiger partial charge is 0.262 e. The van der Waals surface area contributed by atoms with E-state index in [1.54, 1.807) is 29.2 Å². The fourth-order valence-electron chi connectivity index (χ4n) is 3.53. The van der Waals surface area contributed by atoms with E-state index in [1.165, 1.54) is 0 Å². The van der Waals surface area contributed by atoms with E-state index in [1.807, 2.05) is 45.9 Å². The Hall–Kier alpha value is -3.35. The molecule has 2 aromatic rings. The van der Waals surface area contributed by atoms with E-state index in [0.717, 1.165) is 16.8 Å². The Morgan fingerprint density at radius 1 is 1.12 bits per heavy atom. The number of nitrogens with one attached hydrogen (secondary N) is 2. The molecule has 0 aromatic heterocycles. The molecule has 7 heteroatoms. The summed E-state index contributed by atoms with van der Waals surface area (Å²) in [7, 11) is 0. The van der Waals surface area contributed by atoms with E-state index < -0.39 is 0 Å². The van der Waals surface area contributed by atoms with Crippen LogP contribution in [0.2, 0.25) is 0 Å². The van der Waals surface area contributed by atoms with Crippen molar-refractivity contribution in [3.8, 4) is 5.75 Å². The first-order valence-electron chi connectivity index (χ1n) is 10.9. The number of carbonyl (C=O) groups is 3. The zero-order valence-corrected chi connectivity index (χ0v) is 19.1. The zero-order chi connectivity index (χ0) is 23.3.